The first-order chi connectivity index (χ1) is 8.71. The predicted molar refractivity (Wildman–Crippen MR) is 77.1 cm³/mol. The second kappa shape index (κ2) is 6.59. The molecule has 0 saturated heterocycles. The van der Waals surface area contributed by atoms with Gasteiger partial charge in [0.05, 0.1) is 8.07 Å². The van der Waals surface area contributed by atoms with Gasteiger partial charge in [-0.2, -0.15) is 13.2 Å². The van der Waals surface area contributed by atoms with E-state index in [2.05, 4.69) is 32.2 Å². The minimum absolute atomic E-state index is 0.340. The van der Waals surface area contributed by atoms with Gasteiger partial charge in [0.15, 0.2) is 0 Å². The van der Waals surface area contributed by atoms with Crippen LogP contribution in [0.1, 0.15) is 25.3 Å². The summed E-state index contributed by atoms with van der Waals surface area (Å²) in [5.74, 6) is 0. The third kappa shape index (κ3) is 6.28. The van der Waals surface area contributed by atoms with Crippen molar-refractivity contribution in [3.8, 4) is 0 Å². The molecule has 0 aliphatic rings. The average Bonchev–Trinajstić information content (AvgIpc) is 2.34. The van der Waals surface area contributed by atoms with Crippen molar-refractivity contribution >= 4 is 8.07 Å². The van der Waals surface area contributed by atoms with Crippen LogP contribution in [0.4, 0.5) is 13.2 Å². The Balaban J connectivity index is 2.45. The average molecular weight is 288 g/mol. The van der Waals surface area contributed by atoms with Crippen molar-refractivity contribution in [3.05, 3.63) is 35.9 Å². The molecular weight excluding hydrogens is 265 g/mol. The van der Waals surface area contributed by atoms with Crippen LogP contribution in [-0.2, 0) is 6.42 Å². The van der Waals surface area contributed by atoms with Gasteiger partial charge in [0.25, 0.3) is 0 Å². The summed E-state index contributed by atoms with van der Waals surface area (Å²) in [5.41, 5.74) is 1.69. The predicted octanol–water partition coefficient (Wildman–Crippen LogP) is 5.67. The number of benzene rings is 1. The van der Waals surface area contributed by atoms with Crippen LogP contribution >= 0.6 is 0 Å². The van der Waals surface area contributed by atoms with E-state index in [0.717, 1.165) is 12.8 Å². The van der Waals surface area contributed by atoms with E-state index in [9.17, 15) is 13.2 Å². The molecule has 1 aromatic carbocycles. The van der Waals surface area contributed by atoms with Gasteiger partial charge >= 0.3 is 6.18 Å². The molecule has 1 unspecified atom stereocenters. The third-order valence-corrected chi connectivity index (χ3v) is 8.59. The van der Waals surface area contributed by atoms with Crippen molar-refractivity contribution in [2.75, 3.05) is 0 Å². The first-order valence-electron chi connectivity index (χ1n) is 6.81. The minimum Gasteiger partial charge on any atom is -0.171 e. The normalized spacial score (nSPS) is 14.4. The number of rotatable bonds is 6. The zero-order chi connectivity index (χ0) is 14.5. The van der Waals surface area contributed by atoms with Gasteiger partial charge in [-0.3, -0.25) is 0 Å². The molecule has 0 aliphatic carbocycles. The van der Waals surface area contributed by atoms with E-state index in [4.69, 9.17) is 0 Å². The Bertz CT molecular complexity index is 371. The monoisotopic (exact) mass is 288 g/mol. The molecule has 1 atom stereocenters. The van der Waals surface area contributed by atoms with Crippen molar-refractivity contribution in [1.82, 2.24) is 0 Å². The highest BCUT2D eigenvalue weighted by Gasteiger charge is 2.34. The number of aryl methyl sites for hydroxylation is 1. The zero-order valence-corrected chi connectivity index (χ0v) is 12.9. The fourth-order valence-electron chi connectivity index (χ4n) is 2.13. The van der Waals surface area contributed by atoms with Gasteiger partial charge in [-0.1, -0.05) is 50.3 Å². The standard InChI is InChI=1S/C15H23F3Si/c1-13(9-10-14-7-5-4-6-8-14)19(2,3)12-11-15(16,17)18/h4-8,13H,9-12H2,1-3H3. The van der Waals surface area contributed by atoms with Crippen LogP contribution in [0.5, 0.6) is 0 Å². The maximum Gasteiger partial charge on any atom is 0.388 e. The number of hydrogen-bond donors (Lipinski definition) is 0. The largest absolute Gasteiger partial charge is 0.388 e. The molecule has 0 heterocycles. The molecule has 0 amide bonds. The number of hydrogen-bond acceptors (Lipinski definition) is 0. The van der Waals surface area contributed by atoms with E-state index < -0.39 is 20.7 Å². The Labute approximate surface area is 115 Å². The molecule has 1 rings (SSSR count). The van der Waals surface area contributed by atoms with E-state index >= 15 is 0 Å². The molecule has 0 aromatic heterocycles. The van der Waals surface area contributed by atoms with Crippen LogP contribution in [0.3, 0.4) is 0 Å². The van der Waals surface area contributed by atoms with Crippen LogP contribution in [0.2, 0.25) is 24.7 Å². The summed E-state index contributed by atoms with van der Waals surface area (Å²) in [4.78, 5) is 0. The Hall–Kier alpha value is -0.773. The number of alkyl halides is 3. The summed E-state index contributed by atoms with van der Waals surface area (Å²) in [6.45, 7) is 6.27. The molecule has 0 bridgehead atoms. The SMILES string of the molecule is CC(CCc1ccccc1)[Si](C)(C)CCC(F)(F)F. The van der Waals surface area contributed by atoms with E-state index in [-0.39, 0.29) is 0 Å². The zero-order valence-electron chi connectivity index (χ0n) is 11.9. The summed E-state index contributed by atoms with van der Waals surface area (Å²) in [6, 6.07) is 10.5. The summed E-state index contributed by atoms with van der Waals surface area (Å²) in [5, 5.41) is 0. The lowest BCUT2D eigenvalue weighted by molar-refractivity contribution is -0.130. The van der Waals surface area contributed by atoms with E-state index in [1.54, 1.807) is 0 Å². The lowest BCUT2D eigenvalue weighted by atomic mass is 10.1. The minimum atomic E-state index is -4.01. The molecule has 19 heavy (non-hydrogen) atoms. The molecule has 0 radical (unpaired) electrons. The second-order valence-electron chi connectivity index (χ2n) is 6.03. The highest BCUT2D eigenvalue weighted by molar-refractivity contribution is 6.78. The summed E-state index contributed by atoms with van der Waals surface area (Å²) in [6.07, 6.45) is -2.68. The molecule has 0 aliphatic heterocycles. The lowest BCUT2D eigenvalue weighted by Crippen LogP contribution is -2.32. The van der Waals surface area contributed by atoms with Crippen molar-refractivity contribution < 1.29 is 13.2 Å². The first kappa shape index (κ1) is 16.3. The van der Waals surface area contributed by atoms with Gasteiger partial charge in [-0.05, 0) is 30.0 Å². The van der Waals surface area contributed by atoms with Crippen LogP contribution in [-0.4, -0.2) is 14.3 Å². The van der Waals surface area contributed by atoms with Crippen LogP contribution < -0.4 is 0 Å². The topological polar surface area (TPSA) is 0 Å². The third-order valence-electron chi connectivity index (χ3n) is 4.10. The van der Waals surface area contributed by atoms with Gasteiger partial charge in [0.1, 0.15) is 0 Å². The Morgan fingerprint density at radius 1 is 1.11 bits per heavy atom. The summed E-state index contributed by atoms with van der Waals surface area (Å²) >= 11 is 0. The highest BCUT2D eigenvalue weighted by Crippen LogP contribution is 2.34. The van der Waals surface area contributed by atoms with E-state index in [1.807, 2.05) is 18.2 Å². The molecule has 4 heteroatoms. The smallest absolute Gasteiger partial charge is 0.171 e. The fraction of sp³-hybridized carbons (Fsp3) is 0.600. The van der Waals surface area contributed by atoms with Gasteiger partial charge in [-0.15, -0.1) is 0 Å². The molecule has 1 aromatic rings. The van der Waals surface area contributed by atoms with E-state index in [0.29, 0.717) is 11.6 Å². The van der Waals surface area contributed by atoms with Crippen molar-refractivity contribution in [2.24, 2.45) is 0 Å². The first-order valence-corrected chi connectivity index (χ1v) is 10.1. The lowest BCUT2D eigenvalue weighted by Gasteiger charge is -2.30. The summed E-state index contributed by atoms with van der Waals surface area (Å²) < 4.78 is 37.0. The molecule has 108 valence electrons. The Morgan fingerprint density at radius 3 is 2.21 bits per heavy atom. The molecular formula is C15H23F3Si. The highest BCUT2D eigenvalue weighted by atomic mass is 28.3. The van der Waals surface area contributed by atoms with Crippen molar-refractivity contribution in [3.63, 3.8) is 0 Å². The van der Waals surface area contributed by atoms with Crippen LogP contribution in [0, 0.1) is 0 Å². The molecule has 0 N–H and O–H groups in total. The van der Waals surface area contributed by atoms with Crippen LogP contribution in [0.15, 0.2) is 30.3 Å². The fourth-order valence-corrected chi connectivity index (χ4v) is 4.48. The van der Waals surface area contributed by atoms with Gasteiger partial charge < -0.3 is 0 Å². The van der Waals surface area contributed by atoms with Gasteiger partial charge in [-0.25, -0.2) is 0 Å². The molecule has 0 nitrogen and oxygen atoms in total. The molecule has 0 spiro atoms. The summed E-state index contributed by atoms with van der Waals surface area (Å²) in [7, 11) is -1.79. The van der Waals surface area contributed by atoms with Gasteiger partial charge in [0.2, 0.25) is 0 Å². The van der Waals surface area contributed by atoms with Crippen molar-refractivity contribution in [2.45, 2.75) is 57.0 Å². The maximum absolute atomic E-state index is 12.3. The number of halogens is 3. The van der Waals surface area contributed by atoms with Crippen LogP contribution in [0.25, 0.3) is 0 Å². The quantitative estimate of drug-likeness (QED) is 0.592. The van der Waals surface area contributed by atoms with E-state index in [1.165, 1.54) is 5.56 Å². The van der Waals surface area contributed by atoms with Crippen molar-refractivity contribution in [1.29, 1.82) is 0 Å². The second-order valence-corrected chi connectivity index (χ2v) is 11.5. The van der Waals surface area contributed by atoms with Gasteiger partial charge in [0, 0.05) is 6.42 Å². The Morgan fingerprint density at radius 2 is 1.68 bits per heavy atom. The molecule has 0 saturated carbocycles. The molecule has 0 fully saturated rings. The Kier molecular flexibility index (Phi) is 5.65. The maximum atomic E-state index is 12.3.